The predicted molar refractivity (Wildman–Crippen MR) is 89.2 cm³/mol. The van der Waals surface area contributed by atoms with Crippen LogP contribution in [-0.4, -0.2) is 18.1 Å². The molecule has 0 fully saturated rings. The van der Waals surface area contributed by atoms with E-state index in [1.807, 2.05) is 6.20 Å². The van der Waals surface area contributed by atoms with Gasteiger partial charge in [-0.1, -0.05) is 46.1 Å². The standard InChI is InChI=1S/C18H32N2O/c1-4-7-8-16(6-3)14-21-15-18-10-9-17(13-20-18)12-19-11-5-2/h9-10,13,16,19H,4-8,11-12,14-15H2,1-3H3. The van der Waals surface area contributed by atoms with E-state index in [4.69, 9.17) is 4.74 Å². The van der Waals surface area contributed by atoms with Crippen LogP contribution in [0.3, 0.4) is 0 Å². The van der Waals surface area contributed by atoms with Crippen LogP contribution in [0.4, 0.5) is 0 Å². The third kappa shape index (κ3) is 8.18. The van der Waals surface area contributed by atoms with Crippen molar-refractivity contribution in [2.24, 2.45) is 5.92 Å². The van der Waals surface area contributed by atoms with Crippen LogP contribution in [0.15, 0.2) is 18.3 Å². The molecule has 1 rings (SSSR count). The zero-order chi connectivity index (χ0) is 15.3. The van der Waals surface area contributed by atoms with Gasteiger partial charge in [-0.25, -0.2) is 0 Å². The molecule has 0 saturated heterocycles. The summed E-state index contributed by atoms with van der Waals surface area (Å²) in [6, 6.07) is 4.22. The molecule has 0 aliphatic rings. The lowest BCUT2D eigenvalue weighted by Gasteiger charge is -2.14. The molecule has 21 heavy (non-hydrogen) atoms. The molecular formula is C18H32N2O. The average Bonchev–Trinajstić information content (AvgIpc) is 2.52. The van der Waals surface area contributed by atoms with Gasteiger partial charge in [-0.15, -0.1) is 0 Å². The van der Waals surface area contributed by atoms with Crippen LogP contribution in [0.2, 0.25) is 0 Å². The number of pyridine rings is 1. The molecule has 3 nitrogen and oxygen atoms in total. The molecule has 0 bridgehead atoms. The highest BCUT2D eigenvalue weighted by Gasteiger charge is 2.06. The quantitative estimate of drug-likeness (QED) is 0.583. The van der Waals surface area contributed by atoms with Crippen LogP contribution in [0, 0.1) is 5.92 Å². The van der Waals surface area contributed by atoms with Crippen LogP contribution in [0.25, 0.3) is 0 Å². The third-order valence-corrected chi connectivity index (χ3v) is 3.79. The number of unbranched alkanes of at least 4 members (excludes halogenated alkanes) is 1. The summed E-state index contributed by atoms with van der Waals surface area (Å²) in [5, 5.41) is 3.38. The van der Waals surface area contributed by atoms with Gasteiger partial charge in [0.05, 0.1) is 12.3 Å². The molecule has 1 aromatic rings. The van der Waals surface area contributed by atoms with Crippen molar-refractivity contribution in [3.8, 4) is 0 Å². The topological polar surface area (TPSA) is 34.1 Å². The molecule has 1 aromatic heterocycles. The Kier molecular flexibility index (Phi) is 10.1. The Bertz CT molecular complexity index is 351. The average molecular weight is 292 g/mol. The van der Waals surface area contributed by atoms with Crippen molar-refractivity contribution in [3.05, 3.63) is 29.6 Å². The zero-order valence-corrected chi connectivity index (χ0v) is 14.0. The van der Waals surface area contributed by atoms with E-state index in [0.717, 1.165) is 31.8 Å². The lowest BCUT2D eigenvalue weighted by Crippen LogP contribution is -2.14. The van der Waals surface area contributed by atoms with Gasteiger partial charge in [-0.05, 0) is 36.9 Å². The first-order valence-corrected chi connectivity index (χ1v) is 8.52. The molecule has 1 heterocycles. The summed E-state index contributed by atoms with van der Waals surface area (Å²) in [5.41, 5.74) is 2.26. The summed E-state index contributed by atoms with van der Waals surface area (Å²) in [5.74, 6) is 0.697. The highest BCUT2D eigenvalue weighted by Crippen LogP contribution is 2.13. The molecule has 1 unspecified atom stereocenters. The lowest BCUT2D eigenvalue weighted by molar-refractivity contribution is 0.0799. The highest BCUT2D eigenvalue weighted by molar-refractivity contribution is 5.13. The van der Waals surface area contributed by atoms with E-state index < -0.39 is 0 Å². The molecule has 0 radical (unpaired) electrons. The van der Waals surface area contributed by atoms with E-state index in [-0.39, 0.29) is 0 Å². The summed E-state index contributed by atoms with van der Waals surface area (Å²) in [6.45, 7) is 10.1. The summed E-state index contributed by atoms with van der Waals surface area (Å²) >= 11 is 0. The van der Waals surface area contributed by atoms with Crippen molar-refractivity contribution in [1.82, 2.24) is 10.3 Å². The molecule has 1 N–H and O–H groups in total. The van der Waals surface area contributed by atoms with Crippen molar-refractivity contribution in [2.45, 2.75) is 66.0 Å². The van der Waals surface area contributed by atoms with E-state index in [9.17, 15) is 0 Å². The number of nitrogens with one attached hydrogen (secondary N) is 1. The van der Waals surface area contributed by atoms with Gasteiger partial charge >= 0.3 is 0 Å². The van der Waals surface area contributed by atoms with Crippen molar-refractivity contribution in [1.29, 1.82) is 0 Å². The molecule has 1 atom stereocenters. The van der Waals surface area contributed by atoms with Crippen molar-refractivity contribution in [3.63, 3.8) is 0 Å². The minimum Gasteiger partial charge on any atom is -0.375 e. The molecule has 0 aromatic carbocycles. The first kappa shape index (κ1) is 18.1. The van der Waals surface area contributed by atoms with Gasteiger partial charge in [-0.3, -0.25) is 4.98 Å². The summed E-state index contributed by atoms with van der Waals surface area (Å²) in [7, 11) is 0. The Balaban J connectivity index is 2.25. The molecule has 0 aliphatic heterocycles. The minimum absolute atomic E-state index is 0.630. The molecule has 0 amide bonds. The normalized spacial score (nSPS) is 12.5. The number of nitrogens with zero attached hydrogens (tertiary/aromatic N) is 1. The van der Waals surface area contributed by atoms with E-state index in [2.05, 4.69) is 43.2 Å². The Hall–Kier alpha value is -0.930. The highest BCUT2D eigenvalue weighted by atomic mass is 16.5. The number of hydrogen-bond donors (Lipinski definition) is 1. The molecular weight excluding hydrogens is 260 g/mol. The van der Waals surface area contributed by atoms with Crippen LogP contribution < -0.4 is 5.32 Å². The molecule has 0 saturated carbocycles. The van der Waals surface area contributed by atoms with Gasteiger partial charge in [0.2, 0.25) is 0 Å². The monoisotopic (exact) mass is 292 g/mol. The van der Waals surface area contributed by atoms with Gasteiger partial charge in [0.1, 0.15) is 0 Å². The summed E-state index contributed by atoms with van der Waals surface area (Å²) in [4.78, 5) is 4.48. The molecule has 120 valence electrons. The summed E-state index contributed by atoms with van der Waals surface area (Å²) in [6.07, 6.45) is 8.18. The number of hydrogen-bond acceptors (Lipinski definition) is 3. The molecule has 0 spiro atoms. The van der Waals surface area contributed by atoms with E-state index in [0.29, 0.717) is 12.5 Å². The molecule has 0 aliphatic carbocycles. The van der Waals surface area contributed by atoms with Crippen LogP contribution in [-0.2, 0) is 17.9 Å². The fraction of sp³-hybridized carbons (Fsp3) is 0.722. The fourth-order valence-corrected chi connectivity index (χ4v) is 2.28. The largest absolute Gasteiger partial charge is 0.375 e. The second-order valence-electron chi connectivity index (χ2n) is 5.77. The van der Waals surface area contributed by atoms with Gasteiger partial charge in [0, 0.05) is 19.3 Å². The first-order valence-electron chi connectivity index (χ1n) is 8.52. The van der Waals surface area contributed by atoms with Crippen molar-refractivity contribution < 1.29 is 4.74 Å². The smallest absolute Gasteiger partial charge is 0.0887 e. The van der Waals surface area contributed by atoms with Crippen LogP contribution in [0.5, 0.6) is 0 Å². The van der Waals surface area contributed by atoms with Crippen molar-refractivity contribution in [2.75, 3.05) is 13.2 Å². The van der Waals surface area contributed by atoms with Crippen molar-refractivity contribution >= 4 is 0 Å². The minimum atomic E-state index is 0.630. The van der Waals surface area contributed by atoms with Gasteiger partial charge in [0.15, 0.2) is 0 Å². The maximum absolute atomic E-state index is 5.83. The Morgan fingerprint density at radius 1 is 1.19 bits per heavy atom. The number of aromatic nitrogens is 1. The Morgan fingerprint density at radius 3 is 2.67 bits per heavy atom. The Labute approximate surface area is 130 Å². The second kappa shape index (κ2) is 11.7. The van der Waals surface area contributed by atoms with E-state index in [1.54, 1.807) is 0 Å². The SMILES string of the molecule is CCCCC(CC)COCc1ccc(CNCCC)cn1. The maximum Gasteiger partial charge on any atom is 0.0887 e. The molecule has 3 heteroatoms. The third-order valence-electron chi connectivity index (χ3n) is 3.79. The number of ether oxygens (including phenoxy) is 1. The van der Waals surface area contributed by atoms with Gasteiger partial charge in [-0.2, -0.15) is 0 Å². The van der Waals surface area contributed by atoms with Crippen LogP contribution >= 0.6 is 0 Å². The summed E-state index contributed by atoms with van der Waals surface area (Å²) < 4.78 is 5.83. The maximum atomic E-state index is 5.83. The predicted octanol–water partition coefficient (Wildman–Crippen LogP) is 4.31. The second-order valence-corrected chi connectivity index (χ2v) is 5.77. The number of rotatable bonds is 12. The zero-order valence-electron chi connectivity index (χ0n) is 14.0. The Morgan fingerprint density at radius 2 is 2.05 bits per heavy atom. The fourth-order valence-electron chi connectivity index (χ4n) is 2.28. The lowest BCUT2D eigenvalue weighted by atomic mass is 10.0. The first-order chi connectivity index (χ1) is 10.3. The van der Waals surface area contributed by atoms with Gasteiger partial charge < -0.3 is 10.1 Å². The van der Waals surface area contributed by atoms with Gasteiger partial charge in [0.25, 0.3) is 0 Å². The van der Waals surface area contributed by atoms with Crippen LogP contribution in [0.1, 0.15) is 64.1 Å². The van der Waals surface area contributed by atoms with E-state index in [1.165, 1.54) is 31.2 Å². The van der Waals surface area contributed by atoms with E-state index >= 15 is 0 Å².